The van der Waals surface area contributed by atoms with E-state index in [9.17, 15) is 4.79 Å². The van der Waals surface area contributed by atoms with Gasteiger partial charge in [0, 0.05) is 19.2 Å². The largest absolute Gasteiger partial charge is 0.493 e. The molecule has 1 heterocycles. The van der Waals surface area contributed by atoms with Gasteiger partial charge in [-0.2, -0.15) is 5.26 Å². The monoisotopic (exact) mass is 336 g/mol. The first kappa shape index (κ1) is 16.8. The van der Waals surface area contributed by atoms with Crippen LogP contribution in [-0.4, -0.2) is 30.6 Å². The lowest BCUT2D eigenvalue weighted by atomic mass is 9.99. The molecule has 5 nitrogen and oxygen atoms in total. The Kier molecular flexibility index (Phi) is 4.90. The van der Waals surface area contributed by atoms with Crippen molar-refractivity contribution in [3.63, 3.8) is 0 Å². The maximum absolute atomic E-state index is 12.7. The lowest BCUT2D eigenvalue weighted by Crippen LogP contribution is -2.43. The zero-order chi connectivity index (χ0) is 17.8. The van der Waals surface area contributed by atoms with Crippen LogP contribution in [0.15, 0.2) is 42.5 Å². The van der Waals surface area contributed by atoms with Gasteiger partial charge in [-0.25, -0.2) is 0 Å². The Morgan fingerprint density at radius 1 is 1.20 bits per heavy atom. The van der Waals surface area contributed by atoms with E-state index in [1.54, 1.807) is 25.1 Å². The predicted molar refractivity (Wildman–Crippen MR) is 93.4 cm³/mol. The Morgan fingerprint density at radius 3 is 2.68 bits per heavy atom. The number of amides is 1. The molecule has 1 aliphatic heterocycles. The van der Waals surface area contributed by atoms with E-state index in [0.29, 0.717) is 30.2 Å². The van der Waals surface area contributed by atoms with E-state index < -0.39 is 6.10 Å². The highest BCUT2D eigenvalue weighted by Crippen LogP contribution is 2.29. The van der Waals surface area contributed by atoms with Gasteiger partial charge >= 0.3 is 0 Å². The molecule has 0 radical (unpaired) electrons. The molecule has 0 fully saturated rings. The van der Waals surface area contributed by atoms with Gasteiger partial charge < -0.3 is 14.4 Å². The van der Waals surface area contributed by atoms with E-state index >= 15 is 0 Å². The van der Waals surface area contributed by atoms with E-state index in [2.05, 4.69) is 18.2 Å². The van der Waals surface area contributed by atoms with Gasteiger partial charge in [0.2, 0.25) is 0 Å². The smallest absolute Gasteiger partial charge is 0.263 e. The molecule has 0 spiro atoms. The molecule has 0 saturated heterocycles. The summed E-state index contributed by atoms with van der Waals surface area (Å²) in [4.78, 5) is 14.6. The third-order valence-corrected chi connectivity index (χ3v) is 4.39. The van der Waals surface area contributed by atoms with E-state index in [4.69, 9.17) is 14.7 Å². The summed E-state index contributed by atoms with van der Waals surface area (Å²) in [6, 6.07) is 15.2. The highest BCUT2D eigenvalue weighted by atomic mass is 16.5. The van der Waals surface area contributed by atoms with Gasteiger partial charge in [-0.15, -0.1) is 0 Å². The minimum absolute atomic E-state index is 0.0547. The molecule has 2 aromatic rings. The molecule has 0 aliphatic carbocycles. The van der Waals surface area contributed by atoms with Crippen molar-refractivity contribution >= 4 is 5.91 Å². The zero-order valence-electron chi connectivity index (χ0n) is 14.4. The molecule has 0 N–H and O–H groups in total. The topological polar surface area (TPSA) is 62.6 Å². The Labute approximate surface area is 147 Å². The molecule has 3 rings (SSSR count). The third-order valence-electron chi connectivity index (χ3n) is 4.39. The number of hydrogen-bond acceptors (Lipinski definition) is 4. The second-order valence-electron chi connectivity index (χ2n) is 6.02. The fourth-order valence-electron chi connectivity index (χ4n) is 3.02. The summed E-state index contributed by atoms with van der Waals surface area (Å²) in [5.74, 6) is 0.850. The van der Waals surface area contributed by atoms with Crippen LogP contribution in [0.5, 0.6) is 11.5 Å². The van der Waals surface area contributed by atoms with Gasteiger partial charge in [0.05, 0.1) is 18.7 Å². The lowest BCUT2D eigenvalue weighted by molar-refractivity contribution is -0.138. The summed E-state index contributed by atoms with van der Waals surface area (Å²) in [5.41, 5.74) is 2.97. The molecule has 0 unspecified atom stereocenters. The fourth-order valence-corrected chi connectivity index (χ4v) is 3.02. The van der Waals surface area contributed by atoms with Crippen LogP contribution >= 0.6 is 0 Å². The SMILES string of the molecule is COc1cc(C#N)ccc1O[C@@H](C)C(=O)N1CCc2ccccc2C1. The van der Waals surface area contributed by atoms with Crippen molar-refractivity contribution in [2.75, 3.05) is 13.7 Å². The Hall–Kier alpha value is -3.00. The molecule has 5 heteroatoms. The molecule has 0 bridgehead atoms. The van der Waals surface area contributed by atoms with Crippen LogP contribution in [0.1, 0.15) is 23.6 Å². The number of nitrogens with zero attached hydrogens (tertiary/aromatic N) is 2. The molecule has 25 heavy (non-hydrogen) atoms. The van der Waals surface area contributed by atoms with Crippen LogP contribution in [0.4, 0.5) is 0 Å². The first-order valence-corrected chi connectivity index (χ1v) is 8.22. The van der Waals surface area contributed by atoms with Crippen molar-refractivity contribution in [3.05, 3.63) is 59.2 Å². The highest BCUT2D eigenvalue weighted by Gasteiger charge is 2.26. The van der Waals surface area contributed by atoms with Crippen LogP contribution in [0, 0.1) is 11.3 Å². The summed E-state index contributed by atoms with van der Waals surface area (Å²) in [7, 11) is 1.51. The number of fused-ring (bicyclic) bond motifs is 1. The number of rotatable bonds is 4. The number of methoxy groups -OCH3 is 1. The van der Waals surface area contributed by atoms with Gasteiger partial charge in [-0.1, -0.05) is 24.3 Å². The van der Waals surface area contributed by atoms with Gasteiger partial charge in [-0.3, -0.25) is 4.79 Å². The molecule has 1 aliphatic rings. The maximum Gasteiger partial charge on any atom is 0.263 e. The number of ether oxygens (including phenoxy) is 2. The first-order valence-electron chi connectivity index (χ1n) is 8.22. The Balaban J connectivity index is 1.71. The molecule has 1 atom stereocenters. The average Bonchev–Trinajstić information content (AvgIpc) is 2.67. The summed E-state index contributed by atoms with van der Waals surface area (Å²) in [6.07, 6.45) is 0.224. The van der Waals surface area contributed by atoms with Crippen LogP contribution in [-0.2, 0) is 17.8 Å². The van der Waals surface area contributed by atoms with Crippen molar-refractivity contribution < 1.29 is 14.3 Å². The number of benzene rings is 2. The summed E-state index contributed by atoms with van der Waals surface area (Å²) in [5, 5.41) is 8.96. The number of carbonyl (C=O) groups excluding carboxylic acids is 1. The van der Waals surface area contributed by atoms with Crippen molar-refractivity contribution in [1.29, 1.82) is 5.26 Å². The quantitative estimate of drug-likeness (QED) is 0.861. The van der Waals surface area contributed by atoms with Crippen LogP contribution in [0.2, 0.25) is 0 Å². The minimum Gasteiger partial charge on any atom is -0.493 e. The van der Waals surface area contributed by atoms with E-state index in [-0.39, 0.29) is 5.91 Å². The lowest BCUT2D eigenvalue weighted by Gasteiger charge is -2.31. The van der Waals surface area contributed by atoms with Crippen molar-refractivity contribution in [2.24, 2.45) is 0 Å². The van der Waals surface area contributed by atoms with E-state index in [1.165, 1.54) is 18.2 Å². The van der Waals surface area contributed by atoms with E-state index in [1.807, 2.05) is 17.0 Å². The number of hydrogen-bond donors (Lipinski definition) is 0. The second-order valence-corrected chi connectivity index (χ2v) is 6.02. The molecular weight excluding hydrogens is 316 g/mol. The normalized spacial score (nSPS) is 14.2. The van der Waals surface area contributed by atoms with Gasteiger partial charge in [-0.05, 0) is 36.6 Å². The van der Waals surface area contributed by atoms with Crippen molar-refractivity contribution in [3.8, 4) is 17.6 Å². The third kappa shape index (κ3) is 3.58. The van der Waals surface area contributed by atoms with Crippen LogP contribution in [0.3, 0.4) is 0 Å². The maximum atomic E-state index is 12.7. The second kappa shape index (κ2) is 7.27. The number of nitriles is 1. The van der Waals surface area contributed by atoms with Crippen LogP contribution < -0.4 is 9.47 Å². The summed E-state index contributed by atoms with van der Waals surface area (Å²) in [6.45, 7) is 3.03. The summed E-state index contributed by atoms with van der Waals surface area (Å²) >= 11 is 0. The molecule has 2 aromatic carbocycles. The summed E-state index contributed by atoms with van der Waals surface area (Å²) < 4.78 is 11.1. The predicted octanol–water partition coefficient (Wildman–Crippen LogP) is 2.92. The molecule has 128 valence electrons. The molecule has 0 aromatic heterocycles. The molecular formula is C20H20N2O3. The zero-order valence-corrected chi connectivity index (χ0v) is 14.4. The van der Waals surface area contributed by atoms with Gasteiger partial charge in [0.15, 0.2) is 17.6 Å². The highest BCUT2D eigenvalue weighted by molar-refractivity contribution is 5.81. The van der Waals surface area contributed by atoms with Gasteiger partial charge in [0.25, 0.3) is 5.91 Å². The first-order chi connectivity index (χ1) is 12.1. The molecule has 1 amide bonds. The van der Waals surface area contributed by atoms with Crippen molar-refractivity contribution in [2.45, 2.75) is 26.0 Å². The minimum atomic E-state index is -0.632. The van der Waals surface area contributed by atoms with Gasteiger partial charge in [0.1, 0.15) is 0 Å². The number of carbonyl (C=O) groups is 1. The van der Waals surface area contributed by atoms with Crippen molar-refractivity contribution in [1.82, 2.24) is 4.90 Å². The van der Waals surface area contributed by atoms with Crippen LogP contribution in [0.25, 0.3) is 0 Å². The fraction of sp³-hybridized carbons (Fsp3) is 0.300. The molecule has 0 saturated carbocycles. The Morgan fingerprint density at radius 2 is 1.96 bits per heavy atom. The van der Waals surface area contributed by atoms with E-state index in [0.717, 1.165) is 6.42 Å². The standard InChI is InChI=1S/C20H20N2O3/c1-14(25-18-8-7-15(12-21)11-19(18)24-2)20(23)22-10-9-16-5-3-4-6-17(16)13-22/h3-8,11,14H,9-10,13H2,1-2H3/t14-/m0/s1. The average molecular weight is 336 g/mol. The Bertz CT molecular complexity index is 826.